The van der Waals surface area contributed by atoms with Crippen LogP contribution in [0.25, 0.3) is 0 Å². The fourth-order valence-corrected chi connectivity index (χ4v) is 2.96. The number of hydrogen-bond donors (Lipinski definition) is 2. The maximum Gasteiger partial charge on any atom is 0.126 e. The molecule has 1 aliphatic carbocycles. The van der Waals surface area contributed by atoms with Crippen LogP contribution in [0.3, 0.4) is 0 Å². The Bertz CT molecular complexity index is 501. The number of nitrogens with one attached hydrogen (secondary N) is 1. The van der Waals surface area contributed by atoms with E-state index in [2.05, 4.69) is 5.32 Å². The number of rotatable bonds is 4. The molecule has 2 aliphatic rings. The number of benzene rings is 1. The third-order valence-corrected chi connectivity index (χ3v) is 4.31. The second-order valence-electron chi connectivity index (χ2n) is 5.74. The second kappa shape index (κ2) is 4.51. The summed E-state index contributed by atoms with van der Waals surface area (Å²) >= 11 is 0. The van der Waals surface area contributed by atoms with Crippen molar-refractivity contribution in [3.05, 3.63) is 47.3 Å². The van der Waals surface area contributed by atoms with Crippen LogP contribution in [-0.2, 0) is 5.41 Å². The molecule has 102 valence electrons. The molecule has 1 fully saturated rings. The van der Waals surface area contributed by atoms with Crippen molar-refractivity contribution in [3.63, 3.8) is 0 Å². The van der Waals surface area contributed by atoms with E-state index in [0.717, 1.165) is 49.7 Å². The molecule has 2 nitrogen and oxygen atoms in total. The Hall–Kier alpha value is -1.58. The Labute approximate surface area is 111 Å². The average Bonchev–Trinajstić information content (AvgIpc) is 3.03. The van der Waals surface area contributed by atoms with Crippen LogP contribution in [0.2, 0.25) is 0 Å². The highest BCUT2D eigenvalue weighted by molar-refractivity contribution is 5.32. The fourth-order valence-electron chi connectivity index (χ4n) is 2.96. The summed E-state index contributed by atoms with van der Waals surface area (Å²) in [4.78, 5) is 0. The molecular formula is C15H18F2N2. The van der Waals surface area contributed by atoms with Crippen molar-refractivity contribution < 1.29 is 8.78 Å². The minimum absolute atomic E-state index is 0.00582. The van der Waals surface area contributed by atoms with Crippen LogP contribution in [0.1, 0.15) is 31.2 Å². The van der Waals surface area contributed by atoms with Gasteiger partial charge in [0.1, 0.15) is 11.6 Å². The van der Waals surface area contributed by atoms with Crippen LogP contribution in [0, 0.1) is 17.6 Å². The zero-order chi connectivity index (χ0) is 13.5. The molecule has 1 aromatic carbocycles. The van der Waals surface area contributed by atoms with Gasteiger partial charge >= 0.3 is 0 Å². The Balaban J connectivity index is 1.69. The molecule has 0 saturated heterocycles. The van der Waals surface area contributed by atoms with E-state index in [1.165, 1.54) is 12.1 Å². The number of halogens is 2. The van der Waals surface area contributed by atoms with E-state index in [-0.39, 0.29) is 5.41 Å². The molecule has 1 saturated carbocycles. The van der Waals surface area contributed by atoms with E-state index < -0.39 is 11.6 Å². The first-order valence-corrected chi connectivity index (χ1v) is 6.75. The largest absolute Gasteiger partial charge is 0.386 e. The van der Waals surface area contributed by atoms with Crippen LogP contribution in [0.15, 0.2) is 30.1 Å². The monoisotopic (exact) mass is 264 g/mol. The van der Waals surface area contributed by atoms with Gasteiger partial charge in [-0.2, -0.15) is 0 Å². The van der Waals surface area contributed by atoms with Gasteiger partial charge in [-0.1, -0.05) is 0 Å². The molecule has 19 heavy (non-hydrogen) atoms. The van der Waals surface area contributed by atoms with E-state index in [4.69, 9.17) is 5.73 Å². The number of nitrogens with two attached hydrogens (primary N) is 1. The molecule has 0 aromatic heterocycles. The summed E-state index contributed by atoms with van der Waals surface area (Å²) in [6.45, 7) is 0.874. The highest BCUT2D eigenvalue weighted by Crippen LogP contribution is 2.52. The highest BCUT2D eigenvalue weighted by Gasteiger charge is 2.44. The van der Waals surface area contributed by atoms with Crippen molar-refractivity contribution in [1.82, 2.24) is 5.32 Å². The molecule has 3 rings (SSSR count). The molecule has 0 radical (unpaired) electrons. The highest BCUT2D eigenvalue weighted by atomic mass is 19.1. The summed E-state index contributed by atoms with van der Waals surface area (Å²) in [5, 5.41) is 3.10. The Kier molecular flexibility index (Phi) is 2.96. The summed E-state index contributed by atoms with van der Waals surface area (Å²) in [7, 11) is 0. The van der Waals surface area contributed by atoms with Crippen molar-refractivity contribution in [2.75, 3.05) is 6.54 Å². The third kappa shape index (κ3) is 2.57. The lowest BCUT2D eigenvalue weighted by atomic mass is 9.87. The molecule has 0 unspecified atom stereocenters. The molecule has 1 atom stereocenters. The quantitative estimate of drug-likeness (QED) is 0.877. The van der Waals surface area contributed by atoms with Gasteiger partial charge in [0.2, 0.25) is 0 Å². The summed E-state index contributed by atoms with van der Waals surface area (Å²) in [6, 6.07) is 3.89. The van der Waals surface area contributed by atoms with Gasteiger partial charge in [-0.15, -0.1) is 0 Å². The van der Waals surface area contributed by atoms with E-state index in [1.54, 1.807) is 0 Å². The minimum Gasteiger partial charge on any atom is -0.386 e. The lowest BCUT2D eigenvalue weighted by molar-refractivity contribution is 0.494. The Morgan fingerprint density at radius 3 is 2.42 bits per heavy atom. The van der Waals surface area contributed by atoms with Crippen LogP contribution in [0.5, 0.6) is 0 Å². The maximum atomic E-state index is 13.3. The van der Waals surface area contributed by atoms with Crippen molar-refractivity contribution >= 4 is 0 Å². The van der Waals surface area contributed by atoms with Crippen LogP contribution in [0.4, 0.5) is 8.78 Å². The van der Waals surface area contributed by atoms with Gasteiger partial charge in [0.05, 0.1) is 5.82 Å². The van der Waals surface area contributed by atoms with Crippen molar-refractivity contribution in [2.24, 2.45) is 11.7 Å². The maximum absolute atomic E-state index is 13.3. The standard InChI is InChI=1S/C15H18F2N2/c16-12-6-11(7-13(17)8-12)15(3-4-15)2-1-10-5-14(18)19-9-10/h5-8,10,19H,1-4,9,18H2/t10-/m0/s1. The smallest absolute Gasteiger partial charge is 0.126 e. The molecular weight excluding hydrogens is 246 g/mol. The van der Waals surface area contributed by atoms with Crippen LogP contribution in [-0.4, -0.2) is 6.54 Å². The zero-order valence-electron chi connectivity index (χ0n) is 10.8. The third-order valence-electron chi connectivity index (χ3n) is 4.31. The van der Waals surface area contributed by atoms with Crippen molar-refractivity contribution in [1.29, 1.82) is 0 Å². The predicted octanol–water partition coefficient (Wildman–Crippen LogP) is 2.80. The average molecular weight is 264 g/mol. The summed E-state index contributed by atoms with van der Waals surface area (Å²) in [5.74, 6) is 0.225. The first-order chi connectivity index (χ1) is 9.07. The number of hydrogen-bond acceptors (Lipinski definition) is 2. The van der Waals surface area contributed by atoms with E-state index >= 15 is 0 Å². The molecule has 1 aromatic rings. The van der Waals surface area contributed by atoms with Gasteiger partial charge in [0.25, 0.3) is 0 Å². The molecule has 1 aliphatic heterocycles. The fraction of sp³-hybridized carbons (Fsp3) is 0.467. The van der Waals surface area contributed by atoms with Gasteiger partial charge in [0.15, 0.2) is 0 Å². The minimum atomic E-state index is -0.479. The lowest BCUT2D eigenvalue weighted by Crippen LogP contribution is -2.17. The first kappa shape index (κ1) is 12.5. The lowest BCUT2D eigenvalue weighted by Gasteiger charge is -2.17. The van der Waals surface area contributed by atoms with E-state index in [9.17, 15) is 8.78 Å². The SMILES string of the molecule is NC1=C[C@H](CCC2(c3cc(F)cc(F)c3)CC2)CN1. The Morgan fingerprint density at radius 1 is 1.21 bits per heavy atom. The normalized spacial score (nSPS) is 23.9. The summed E-state index contributed by atoms with van der Waals surface area (Å²) < 4.78 is 26.6. The topological polar surface area (TPSA) is 38.0 Å². The Morgan fingerprint density at radius 2 is 1.89 bits per heavy atom. The molecule has 0 bridgehead atoms. The van der Waals surface area contributed by atoms with Crippen LogP contribution < -0.4 is 11.1 Å². The second-order valence-corrected chi connectivity index (χ2v) is 5.74. The molecule has 4 heteroatoms. The van der Waals surface area contributed by atoms with Crippen LogP contribution >= 0.6 is 0 Å². The van der Waals surface area contributed by atoms with Gasteiger partial charge in [-0.25, -0.2) is 8.78 Å². The van der Waals surface area contributed by atoms with Gasteiger partial charge in [-0.3, -0.25) is 0 Å². The van der Waals surface area contributed by atoms with Gasteiger partial charge in [-0.05, 0) is 60.8 Å². The first-order valence-electron chi connectivity index (χ1n) is 6.75. The predicted molar refractivity (Wildman–Crippen MR) is 70.3 cm³/mol. The zero-order valence-corrected chi connectivity index (χ0v) is 10.8. The van der Waals surface area contributed by atoms with Gasteiger partial charge in [0, 0.05) is 12.6 Å². The summed E-state index contributed by atoms with van der Waals surface area (Å²) in [5.41, 5.74) is 6.49. The van der Waals surface area contributed by atoms with E-state index in [1.807, 2.05) is 6.08 Å². The summed E-state index contributed by atoms with van der Waals surface area (Å²) in [6.07, 6.45) is 6.06. The van der Waals surface area contributed by atoms with Crippen molar-refractivity contribution in [2.45, 2.75) is 31.1 Å². The molecule has 0 spiro atoms. The molecule has 1 heterocycles. The molecule has 0 amide bonds. The van der Waals surface area contributed by atoms with E-state index in [0.29, 0.717) is 5.92 Å². The van der Waals surface area contributed by atoms with Gasteiger partial charge < -0.3 is 11.1 Å². The van der Waals surface area contributed by atoms with Crippen molar-refractivity contribution in [3.8, 4) is 0 Å². The molecule has 3 N–H and O–H groups in total.